The summed E-state index contributed by atoms with van der Waals surface area (Å²) in [4.78, 5) is 0. The van der Waals surface area contributed by atoms with Crippen molar-refractivity contribution >= 4 is 10.0 Å². The van der Waals surface area contributed by atoms with Crippen LogP contribution in [-0.4, -0.2) is 49.0 Å². The van der Waals surface area contributed by atoms with Crippen molar-refractivity contribution in [2.24, 2.45) is 0 Å². The predicted molar refractivity (Wildman–Crippen MR) is 42.0 cm³/mol. The van der Waals surface area contributed by atoms with E-state index in [2.05, 4.69) is 0 Å². The average Bonchev–Trinajstić information content (AvgIpc) is 2.29. The summed E-state index contributed by atoms with van der Waals surface area (Å²) in [5.41, 5.74) is -2.89. The van der Waals surface area contributed by atoms with Gasteiger partial charge in [-0.2, -0.15) is 17.5 Å². The molecule has 0 radical (unpaired) electrons. The number of sulfonamides is 1. The zero-order chi connectivity index (χ0) is 11.2. The maximum Gasteiger partial charge on any atom is 0.418 e. The van der Waals surface area contributed by atoms with E-state index in [1.54, 1.807) is 0 Å². The first-order valence-electron chi connectivity index (χ1n) is 3.80. The third-order valence-electron chi connectivity index (χ3n) is 2.21. The van der Waals surface area contributed by atoms with Gasteiger partial charge in [-0.3, -0.25) is 0 Å². The van der Waals surface area contributed by atoms with Crippen LogP contribution < -0.4 is 0 Å². The number of halogens is 3. The third kappa shape index (κ3) is 2.01. The minimum atomic E-state index is -4.79. The van der Waals surface area contributed by atoms with Crippen molar-refractivity contribution in [3.63, 3.8) is 0 Å². The number of hydrogen-bond acceptors (Lipinski definition) is 3. The van der Waals surface area contributed by atoms with Gasteiger partial charge in [-0.05, 0) is 0 Å². The first kappa shape index (κ1) is 11.7. The molecule has 0 unspecified atom stereocenters. The highest BCUT2D eigenvalue weighted by Crippen LogP contribution is 2.38. The third-order valence-corrected chi connectivity index (χ3v) is 3.46. The zero-order valence-electron chi connectivity index (χ0n) is 7.37. The predicted octanol–water partition coefficient (Wildman–Crippen LogP) is -0.0549. The Balaban J connectivity index is 2.85. The second-order valence-corrected chi connectivity index (χ2v) is 5.36. The van der Waals surface area contributed by atoms with Gasteiger partial charge in [0.05, 0.1) is 12.8 Å². The van der Waals surface area contributed by atoms with Crippen molar-refractivity contribution in [3.05, 3.63) is 0 Å². The molecule has 1 rings (SSSR count). The molecule has 4 nitrogen and oxygen atoms in total. The summed E-state index contributed by atoms with van der Waals surface area (Å²) in [6.45, 7) is -1.20. The molecule has 0 aliphatic carbocycles. The van der Waals surface area contributed by atoms with E-state index in [0.717, 1.165) is 6.26 Å². The Hall–Kier alpha value is -0.340. The van der Waals surface area contributed by atoms with Crippen molar-refractivity contribution in [2.45, 2.75) is 18.2 Å². The van der Waals surface area contributed by atoms with Gasteiger partial charge in [0.15, 0.2) is 5.60 Å². The maximum atomic E-state index is 12.2. The Kier molecular flexibility index (Phi) is 2.58. The van der Waals surface area contributed by atoms with Gasteiger partial charge in [0.25, 0.3) is 0 Å². The van der Waals surface area contributed by atoms with E-state index in [9.17, 15) is 21.6 Å². The number of rotatable bonds is 1. The fraction of sp³-hybridized carbons (Fsp3) is 1.00. The zero-order valence-corrected chi connectivity index (χ0v) is 8.19. The normalized spacial score (nSPS) is 30.9. The summed E-state index contributed by atoms with van der Waals surface area (Å²) in [6.07, 6.45) is -4.58. The molecule has 0 saturated carbocycles. The maximum absolute atomic E-state index is 12.2. The lowest BCUT2D eigenvalue weighted by Crippen LogP contribution is -2.47. The minimum absolute atomic E-state index is 0.297. The van der Waals surface area contributed by atoms with Crippen molar-refractivity contribution in [3.8, 4) is 0 Å². The van der Waals surface area contributed by atoms with E-state index >= 15 is 0 Å². The van der Waals surface area contributed by atoms with Crippen molar-refractivity contribution in [2.75, 3.05) is 19.3 Å². The molecule has 1 atom stereocenters. The van der Waals surface area contributed by atoms with Crippen LogP contribution in [0.15, 0.2) is 0 Å². The lowest BCUT2D eigenvalue weighted by atomic mass is 10.0. The molecule has 0 amide bonds. The number of hydrogen-bond donors (Lipinski definition) is 1. The fourth-order valence-electron chi connectivity index (χ4n) is 1.27. The van der Waals surface area contributed by atoms with Crippen LogP contribution >= 0.6 is 0 Å². The topological polar surface area (TPSA) is 57.6 Å². The molecule has 1 N–H and O–H groups in total. The molecule has 0 bridgehead atoms. The molecule has 14 heavy (non-hydrogen) atoms. The van der Waals surface area contributed by atoms with E-state index in [1.807, 2.05) is 0 Å². The average molecular weight is 233 g/mol. The van der Waals surface area contributed by atoms with Gasteiger partial charge in [0.2, 0.25) is 10.0 Å². The van der Waals surface area contributed by atoms with Crippen LogP contribution in [0.2, 0.25) is 0 Å². The molecule has 0 spiro atoms. The quantitative estimate of drug-likeness (QED) is 0.690. The van der Waals surface area contributed by atoms with Crippen molar-refractivity contribution in [1.82, 2.24) is 4.31 Å². The van der Waals surface area contributed by atoms with Crippen LogP contribution in [0.5, 0.6) is 0 Å². The van der Waals surface area contributed by atoms with Crippen LogP contribution in [0, 0.1) is 0 Å². The molecular formula is C6H10F3NO3S. The van der Waals surface area contributed by atoms with Crippen molar-refractivity contribution < 1.29 is 26.7 Å². The van der Waals surface area contributed by atoms with Gasteiger partial charge in [-0.15, -0.1) is 0 Å². The highest BCUT2D eigenvalue weighted by atomic mass is 32.2. The molecule has 1 fully saturated rings. The standard InChI is InChI=1S/C6H10F3NO3S/c1-14(12,13)10-3-2-5(11,4-10)6(7,8)9/h11H,2-4H2,1H3/t5-/m1/s1. The van der Waals surface area contributed by atoms with E-state index in [-0.39, 0.29) is 6.54 Å². The molecule has 0 aromatic rings. The van der Waals surface area contributed by atoms with Crippen LogP contribution in [0.3, 0.4) is 0 Å². The first-order valence-corrected chi connectivity index (χ1v) is 5.65. The first-order chi connectivity index (χ1) is 6.06. The molecular weight excluding hydrogens is 223 g/mol. The molecule has 8 heteroatoms. The summed E-state index contributed by atoms with van der Waals surface area (Å²) in [5.74, 6) is 0. The SMILES string of the molecule is CS(=O)(=O)N1CC[C@](O)(C(F)(F)F)C1. The Morgan fingerprint density at radius 1 is 1.43 bits per heavy atom. The Labute approximate surface area is 79.4 Å². The number of alkyl halides is 3. The molecule has 84 valence electrons. The smallest absolute Gasteiger partial charge is 0.379 e. The van der Waals surface area contributed by atoms with Gasteiger partial charge in [0.1, 0.15) is 0 Å². The largest absolute Gasteiger partial charge is 0.418 e. The second kappa shape index (κ2) is 3.07. The van der Waals surface area contributed by atoms with Gasteiger partial charge >= 0.3 is 6.18 Å². The summed E-state index contributed by atoms with van der Waals surface area (Å²) in [7, 11) is -3.66. The summed E-state index contributed by atoms with van der Waals surface area (Å²) in [5, 5.41) is 9.13. The van der Waals surface area contributed by atoms with E-state index in [0.29, 0.717) is 4.31 Å². The summed E-state index contributed by atoms with van der Waals surface area (Å²) < 4.78 is 59.1. The molecule has 0 aromatic carbocycles. The molecule has 1 heterocycles. The monoisotopic (exact) mass is 233 g/mol. The molecule has 1 aliphatic rings. The number of aliphatic hydroxyl groups is 1. The number of nitrogens with zero attached hydrogens (tertiary/aromatic N) is 1. The van der Waals surface area contributed by atoms with Crippen LogP contribution in [0.4, 0.5) is 13.2 Å². The lowest BCUT2D eigenvalue weighted by Gasteiger charge is -2.25. The molecule has 1 saturated heterocycles. The van der Waals surface area contributed by atoms with E-state index in [4.69, 9.17) is 5.11 Å². The Morgan fingerprint density at radius 2 is 1.93 bits per heavy atom. The highest BCUT2D eigenvalue weighted by Gasteiger charge is 2.58. The highest BCUT2D eigenvalue weighted by molar-refractivity contribution is 7.88. The summed E-state index contributed by atoms with van der Waals surface area (Å²) in [6, 6.07) is 0. The number of β-amino-alcohol motifs (C(OH)–C–C–N with tert-alkyl or cyclic N) is 1. The van der Waals surface area contributed by atoms with Crippen LogP contribution in [0.25, 0.3) is 0 Å². The molecule has 0 aromatic heterocycles. The van der Waals surface area contributed by atoms with Gasteiger partial charge < -0.3 is 5.11 Å². The Morgan fingerprint density at radius 3 is 2.14 bits per heavy atom. The van der Waals surface area contributed by atoms with Crippen LogP contribution in [0.1, 0.15) is 6.42 Å². The van der Waals surface area contributed by atoms with Gasteiger partial charge in [0, 0.05) is 13.0 Å². The van der Waals surface area contributed by atoms with E-state index < -0.39 is 34.8 Å². The Bertz CT molecular complexity index is 326. The second-order valence-electron chi connectivity index (χ2n) is 3.38. The van der Waals surface area contributed by atoms with Gasteiger partial charge in [-0.25, -0.2) is 8.42 Å². The minimum Gasteiger partial charge on any atom is -0.379 e. The van der Waals surface area contributed by atoms with Crippen LogP contribution in [-0.2, 0) is 10.0 Å². The lowest BCUT2D eigenvalue weighted by molar-refractivity contribution is -0.252. The fourth-order valence-corrected chi connectivity index (χ4v) is 2.14. The summed E-state index contributed by atoms with van der Waals surface area (Å²) >= 11 is 0. The van der Waals surface area contributed by atoms with Crippen molar-refractivity contribution in [1.29, 1.82) is 0 Å². The van der Waals surface area contributed by atoms with E-state index in [1.165, 1.54) is 0 Å². The van der Waals surface area contributed by atoms with Gasteiger partial charge in [-0.1, -0.05) is 0 Å². The molecule has 1 aliphatic heterocycles.